The highest BCUT2D eigenvalue weighted by Gasteiger charge is 2.26. The minimum absolute atomic E-state index is 0.0234. The van der Waals surface area contributed by atoms with Crippen molar-refractivity contribution in [2.24, 2.45) is 0 Å². The molecule has 0 spiro atoms. The van der Waals surface area contributed by atoms with Gasteiger partial charge in [-0.05, 0) is 63.9 Å². The van der Waals surface area contributed by atoms with Crippen molar-refractivity contribution in [3.05, 3.63) is 60.2 Å². The monoisotopic (exact) mass is 419 g/mol. The van der Waals surface area contributed by atoms with Gasteiger partial charge in [-0.15, -0.1) is 0 Å². The summed E-state index contributed by atoms with van der Waals surface area (Å²) in [5.41, 5.74) is 0.491. The fourth-order valence-corrected chi connectivity index (χ4v) is 4.30. The van der Waals surface area contributed by atoms with Crippen molar-refractivity contribution >= 4 is 18.8 Å². The van der Waals surface area contributed by atoms with E-state index in [1.807, 2.05) is 70.2 Å². The zero-order valence-electron chi connectivity index (χ0n) is 17.5. The van der Waals surface area contributed by atoms with Gasteiger partial charge in [0.2, 0.25) is 0 Å². The molecule has 2 rings (SSSR count). The Morgan fingerprint density at radius 3 is 2.28 bits per heavy atom. The van der Waals surface area contributed by atoms with Crippen LogP contribution in [0, 0.1) is 0 Å². The van der Waals surface area contributed by atoms with Crippen molar-refractivity contribution < 1.29 is 23.4 Å². The standard InChI is InChI=1S/C22H30NO5P/c1-5-27-29(25,17-26-19-9-7-6-8-10-19)20-13-11-18(12-14-20)15-16-23-21(24)28-22(2,3)4/h6-14H,5,15-17H2,1-4H3,(H,23,24). The molecule has 0 aliphatic heterocycles. The maximum absolute atomic E-state index is 13.3. The zero-order valence-corrected chi connectivity index (χ0v) is 18.4. The van der Waals surface area contributed by atoms with Crippen molar-refractivity contribution in [2.75, 3.05) is 19.5 Å². The lowest BCUT2D eigenvalue weighted by atomic mass is 10.1. The SMILES string of the molecule is CCOP(=O)(COc1ccccc1)c1ccc(CCNC(=O)OC(C)(C)C)cc1. The summed E-state index contributed by atoms with van der Waals surface area (Å²) >= 11 is 0. The number of ether oxygens (including phenoxy) is 2. The van der Waals surface area contributed by atoms with Crippen LogP contribution in [0.3, 0.4) is 0 Å². The van der Waals surface area contributed by atoms with Gasteiger partial charge in [0.1, 0.15) is 11.4 Å². The molecule has 7 heteroatoms. The minimum atomic E-state index is -3.13. The Balaban J connectivity index is 1.94. The number of rotatable bonds is 9. The molecule has 0 saturated carbocycles. The van der Waals surface area contributed by atoms with Crippen LogP contribution >= 0.6 is 7.37 Å². The molecule has 0 radical (unpaired) electrons. The molecule has 6 nitrogen and oxygen atoms in total. The van der Waals surface area contributed by atoms with Crippen LogP contribution in [-0.2, 0) is 20.2 Å². The molecule has 2 aromatic carbocycles. The van der Waals surface area contributed by atoms with Gasteiger partial charge in [0, 0.05) is 11.8 Å². The maximum Gasteiger partial charge on any atom is 0.407 e. The van der Waals surface area contributed by atoms with Gasteiger partial charge < -0.3 is 19.3 Å². The van der Waals surface area contributed by atoms with Gasteiger partial charge in [0.15, 0.2) is 6.35 Å². The number of hydrogen-bond acceptors (Lipinski definition) is 5. The van der Waals surface area contributed by atoms with Crippen LogP contribution in [0.25, 0.3) is 0 Å². The lowest BCUT2D eigenvalue weighted by Gasteiger charge is -2.20. The van der Waals surface area contributed by atoms with Crippen LogP contribution in [0.1, 0.15) is 33.3 Å². The van der Waals surface area contributed by atoms with Crippen LogP contribution in [0.4, 0.5) is 4.79 Å². The Bertz CT molecular complexity index is 815. The summed E-state index contributed by atoms with van der Waals surface area (Å²) in [4.78, 5) is 11.7. The van der Waals surface area contributed by atoms with Gasteiger partial charge in [-0.3, -0.25) is 4.57 Å². The van der Waals surface area contributed by atoms with Crippen molar-refractivity contribution in [3.8, 4) is 5.75 Å². The zero-order chi connectivity index (χ0) is 21.3. The molecule has 158 valence electrons. The second-order valence-corrected chi connectivity index (χ2v) is 9.90. The molecule has 0 heterocycles. The third-order valence-corrected chi connectivity index (χ3v) is 6.12. The highest BCUT2D eigenvalue weighted by atomic mass is 31.2. The third-order valence-electron chi connectivity index (χ3n) is 3.89. The van der Waals surface area contributed by atoms with Gasteiger partial charge >= 0.3 is 6.09 Å². The first-order valence-electron chi connectivity index (χ1n) is 9.70. The summed E-state index contributed by atoms with van der Waals surface area (Å²) in [6, 6.07) is 16.6. The Hall–Kier alpha value is -2.30. The number of para-hydroxylation sites is 1. The molecule has 1 amide bonds. The highest BCUT2D eigenvalue weighted by molar-refractivity contribution is 7.66. The first kappa shape index (κ1) is 23.0. The largest absolute Gasteiger partial charge is 0.483 e. The Morgan fingerprint density at radius 2 is 1.69 bits per heavy atom. The third kappa shape index (κ3) is 7.92. The van der Waals surface area contributed by atoms with Crippen LogP contribution < -0.4 is 15.4 Å². The van der Waals surface area contributed by atoms with Crippen molar-refractivity contribution in [2.45, 2.75) is 39.7 Å². The normalized spacial score (nSPS) is 13.4. The van der Waals surface area contributed by atoms with Gasteiger partial charge in [-0.2, -0.15) is 0 Å². The number of alkyl carbamates (subject to hydrolysis) is 1. The van der Waals surface area contributed by atoms with Crippen LogP contribution in [0.2, 0.25) is 0 Å². The van der Waals surface area contributed by atoms with E-state index in [4.69, 9.17) is 14.0 Å². The number of carbonyl (C=O) groups excluding carboxylic acids is 1. The van der Waals surface area contributed by atoms with E-state index in [0.29, 0.717) is 30.6 Å². The number of amides is 1. The van der Waals surface area contributed by atoms with E-state index < -0.39 is 19.1 Å². The summed E-state index contributed by atoms with van der Waals surface area (Å²) in [5, 5.41) is 3.34. The van der Waals surface area contributed by atoms with Crippen molar-refractivity contribution in [3.63, 3.8) is 0 Å². The molecular weight excluding hydrogens is 389 g/mol. The van der Waals surface area contributed by atoms with Gasteiger partial charge in [-0.1, -0.05) is 30.3 Å². The van der Waals surface area contributed by atoms with Crippen molar-refractivity contribution in [1.29, 1.82) is 0 Å². The van der Waals surface area contributed by atoms with Gasteiger partial charge in [-0.25, -0.2) is 4.79 Å². The molecule has 2 aromatic rings. The predicted octanol–water partition coefficient (Wildman–Crippen LogP) is 4.73. The minimum Gasteiger partial charge on any atom is -0.483 e. The van der Waals surface area contributed by atoms with E-state index in [1.54, 1.807) is 12.1 Å². The number of benzene rings is 2. The molecule has 0 saturated heterocycles. The molecule has 1 unspecified atom stereocenters. The van der Waals surface area contributed by atoms with Crippen molar-refractivity contribution in [1.82, 2.24) is 5.32 Å². The highest BCUT2D eigenvalue weighted by Crippen LogP contribution is 2.45. The lowest BCUT2D eigenvalue weighted by Crippen LogP contribution is -2.33. The van der Waals surface area contributed by atoms with E-state index in [0.717, 1.165) is 5.56 Å². The molecule has 0 bridgehead atoms. The topological polar surface area (TPSA) is 73.9 Å². The summed E-state index contributed by atoms with van der Waals surface area (Å²) in [5.74, 6) is 0.650. The van der Waals surface area contributed by atoms with Crippen LogP contribution in [0.15, 0.2) is 54.6 Å². The number of nitrogens with one attached hydrogen (secondary N) is 1. The fraction of sp³-hybridized carbons (Fsp3) is 0.409. The average molecular weight is 419 g/mol. The summed E-state index contributed by atoms with van der Waals surface area (Å²) in [7, 11) is -3.13. The summed E-state index contributed by atoms with van der Waals surface area (Å²) < 4.78 is 29.8. The molecular formula is C22H30NO5P. The Kier molecular flexibility index (Phi) is 8.30. The molecule has 0 aromatic heterocycles. The van der Waals surface area contributed by atoms with E-state index in [2.05, 4.69) is 5.32 Å². The van der Waals surface area contributed by atoms with E-state index in [-0.39, 0.29) is 6.35 Å². The van der Waals surface area contributed by atoms with E-state index >= 15 is 0 Å². The predicted molar refractivity (Wildman–Crippen MR) is 115 cm³/mol. The molecule has 0 fully saturated rings. The molecule has 1 N–H and O–H groups in total. The fourth-order valence-electron chi connectivity index (χ4n) is 2.58. The maximum atomic E-state index is 13.3. The van der Waals surface area contributed by atoms with E-state index in [9.17, 15) is 9.36 Å². The molecule has 0 aliphatic carbocycles. The first-order valence-corrected chi connectivity index (χ1v) is 11.5. The second-order valence-electron chi connectivity index (χ2n) is 7.52. The molecule has 29 heavy (non-hydrogen) atoms. The second kappa shape index (κ2) is 10.5. The smallest absolute Gasteiger partial charge is 0.407 e. The molecule has 0 aliphatic rings. The number of carbonyl (C=O) groups is 1. The van der Waals surface area contributed by atoms with Gasteiger partial charge in [0.05, 0.1) is 6.61 Å². The average Bonchev–Trinajstić information content (AvgIpc) is 2.66. The van der Waals surface area contributed by atoms with E-state index in [1.165, 1.54) is 0 Å². The van der Waals surface area contributed by atoms with Crippen LogP contribution in [-0.4, -0.2) is 31.2 Å². The van der Waals surface area contributed by atoms with Crippen LogP contribution in [0.5, 0.6) is 5.75 Å². The Labute approximate surface area is 173 Å². The van der Waals surface area contributed by atoms with Gasteiger partial charge in [0.25, 0.3) is 7.37 Å². The quantitative estimate of drug-likeness (QED) is 0.595. The molecule has 1 atom stereocenters. The summed E-state index contributed by atoms with van der Waals surface area (Å²) in [6.07, 6.45) is 0.177. The lowest BCUT2D eigenvalue weighted by molar-refractivity contribution is 0.0528. The first-order chi connectivity index (χ1) is 13.7. The Morgan fingerprint density at radius 1 is 1.03 bits per heavy atom. The number of hydrogen-bond donors (Lipinski definition) is 1. The summed E-state index contributed by atoms with van der Waals surface area (Å²) in [6.45, 7) is 8.06.